The summed E-state index contributed by atoms with van der Waals surface area (Å²) in [6, 6.07) is 9.22. The Balaban J connectivity index is 1.51. The van der Waals surface area contributed by atoms with Crippen LogP contribution >= 0.6 is 0 Å². The van der Waals surface area contributed by atoms with Gasteiger partial charge in [0.25, 0.3) is 5.91 Å². The van der Waals surface area contributed by atoms with Gasteiger partial charge in [-0.25, -0.2) is 9.97 Å². The number of benzene rings is 1. The number of carbonyl (C=O) groups excluding carboxylic acids is 1. The number of anilines is 1. The standard InChI is InChI=1S/C19H21N5O2/c1-26-16-4-2-3-15(11-16)19(25)23-13-14-5-9-24(10-6-14)18-17(12-20)21-7-8-22-18/h2-4,7-8,11,14H,5-6,9-10,13H2,1H3,(H,23,25). The first-order valence-corrected chi connectivity index (χ1v) is 8.59. The first-order valence-electron chi connectivity index (χ1n) is 8.59. The zero-order chi connectivity index (χ0) is 18.4. The number of nitrogens with one attached hydrogen (secondary N) is 1. The van der Waals surface area contributed by atoms with Crippen molar-refractivity contribution in [1.29, 1.82) is 5.26 Å². The molecular formula is C19H21N5O2. The van der Waals surface area contributed by atoms with Crippen molar-refractivity contribution in [2.75, 3.05) is 31.6 Å². The van der Waals surface area contributed by atoms with Crippen LogP contribution in [0.15, 0.2) is 36.7 Å². The third-order valence-corrected chi connectivity index (χ3v) is 4.58. The first kappa shape index (κ1) is 17.7. The lowest BCUT2D eigenvalue weighted by Gasteiger charge is -2.32. The molecule has 1 amide bonds. The van der Waals surface area contributed by atoms with Crippen molar-refractivity contribution in [2.24, 2.45) is 5.92 Å². The van der Waals surface area contributed by atoms with Crippen LogP contribution in [-0.4, -0.2) is 42.6 Å². The van der Waals surface area contributed by atoms with E-state index in [4.69, 9.17) is 10.00 Å². The molecule has 1 aromatic heterocycles. The fraction of sp³-hybridized carbons (Fsp3) is 0.368. The average Bonchev–Trinajstić information content (AvgIpc) is 2.72. The molecule has 0 saturated carbocycles. The molecule has 0 spiro atoms. The minimum absolute atomic E-state index is 0.0907. The van der Waals surface area contributed by atoms with Crippen LogP contribution in [0.2, 0.25) is 0 Å². The molecule has 1 aliphatic heterocycles. The number of hydrogen-bond donors (Lipinski definition) is 1. The lowest BCUT2D eigenvalue weighted by Crippen LogP contribution is -2.39. The molecule has 7 heteroatoms. The Kier molecular flexibility index (Phi) is 5.64. The molecule has 0 unspecified atom stereocenters. The summed E-state index contributed by atoms with van der Waals surface area (Å²) in [4.78, 5) is 22.7. The largest absolute Gasteiger partial charge is 0.497 e. The van der Waals surface area contributed by atoms with Gasteiger partial charge in [-0.15, -0.1) is 0 Å². The van der Waals surface area contributed by atoms with Gasteiger partial charge < -0.3 is 15.0 Å². The number of piperidine rings is 1. The zero-order valence-corrected chi connectivity index (χ0v) is 14.7. The highest BCUT2D eigenvalue weighted by molar-refractivity contribution is 5.94. The van der Waals surface area contributed by atoms with Crippen molar-refractivity contribution in [3.05, 3.63) is 47.9 Å². The van der Waals surface area contributed by atoms with Crippen molar-refractivity contribution in [3.63, 3.8) is 0 Å². The normalized spacial score (nSPS) is 14.5. The number of aromatic nitrogens is 2. The van der Waals surface area contributed by atoms with E-state index in [1.165, 1.54) is 6.20 Å². The topological polar surface area (TPSA) is 91.1 Å². The highest BCUT2D eigenvalue weighted by Gasteiger charge is 2.23. The summed E-state index contributed by atoms with van der Waals surface area (Å²) in [5, 5.41) is 12.2. The summed E-state index contributed by atoms with van der Waals surface area (Å²) < 4.78 is 5.15. The molecule has 26 heavy (non-hydrogen) atoms. The van der Waals surface area contributed by atoms with Gasteiger partial charge in [0.1, 0.15) is 11.8 Å². The number of nitriles is 1. The Bertz CT molecular complexity index is 810. The van der Waals surface area contributed by atoms with Gasteiger partial charge in [0.2, 0.25) is 0 Å². The average molecular weight is 351 g/mol. The summed E-state index contributed by atoms with van der Waals surface area (Å²) in [7, 11) is 1.58. The number of amides is 1. The van der Waals surface area contributed by atoms with Gasteiger partial charge >= 0.3 is 0 Å². The number of carbonyl (C=O) groups is 1. The summed E-state index contributed by atoms with van der Waals surface area (Å²) in [6.45, 7) is 2.23. The molecule has 1 N–H and O–H groups in total. The number of ether oxygens (including phenoxy) is 1. The van der Waals surface area contributed by atoms with Crippen molar-refractivity contribution in [1.82, 2.24) is 15.3 Å². The second kappa shape index (κ2) is 8.30. The second-order valence-electron chi connectivity index (χ2n) is 6.21. The third-order valence-electron chi connectivity index (χ3n) is 4.58. The molecule has 7 nitrogen and oxygen atoms in total. The summed E-state index contributed by atoms with van der Waals surface area (Å²) in [6.07, 6.45) is 5.00. The summed E-state index contributed by atoms with van der Waals surface area (Å²) in [5.41, 5.74) is 0.956. The van der Waals surface area contributed by atoms with E-state index in [2.05, 4.69) is 26.3 Å². The quantitative estimate of drug-likeness (QED) is 0.886. The monoisotopic (exact) mass is 351 g/mol. The minimum atomic E-state index is -0.0907. The molecular weight excluding hydrogens is 330 g/mol. The van der Waals surface area contributed by atoms with Gasteiger partial charge in [0, 0.05) is 37.6 Å². The molecule has 0 bridgehead atoms. The molecule has 2 aromatic rings. The summed E-state index contributed by atoms with van der Waals surface area (Å²) >= 11 is 0. The highest BCUT2D eigenvalue weighted by atomic mass is 16.5. The van der Waals surface area contributed by atoms with Crippen LogP contribution < -0.4 is 15.0 Å². The Morgan fingerprint density at radius 1 is 1.35 bits per heavy atom. The van der Waals surface area contributed by atoms with Crippen LogP contribution in [0.1, 0.15) is 28.9 Å². The van der Waals surface area contributed by atoms with E-state index in [1.807, 2.05) is 6.07 Å². The Hall–Kier alpha value is -3.14. The van der Waals surface area contributed by atoms with Gasteiger partial charge in [-0.2, -0.15) is 5.26 Å². The van der Waals surface area contributed by atoms with Crippen LogP contribution in [0.5, 0.6) is 5.75 Å². The Morgan fingerprint density at radius 3 is 2.85 bits per heavy atom. The van der Waals surface area contributed by atoms with E-state index in [1.54, 1.807) is 31.5 Å². The number of rotatable bonds is 5. The van der Waals surface area contributed by atoms with Crippen molar-refractivity contribution < 1.29 is 9.53 Å². The summed E-state index contributed by atoms with van der Waals surface area (Å²) in [5.74, 6) is 1.63. The second-order valence-corrected chi connectivity index (χ2v) is 6.21. The molecule has 0 atom stereocenters. The molecule has 0 radical (unpaired) electrons. The van der Waals surface area contributed by atoms with Gasteiger partial charge in [0.05, 0.1) is 7.11 Å². The van der Waals surface area contributed by atoms with Gasteiger partial charge in [-0.3, -0.25) is 4.79 Å². The molecule has 1 saturated heterocycles. The molecule has 1 fully saturated rings. The third kappa shape index (κ3) is 4.09. The van der Waals surface area contributed by atoms with E-state index in [0.717, 1.165) is 25.9 Å². The number of nitrogens with zero attached hydrogens (tertiary/aromatic N) is 4. The van der Waals surface area contributed by atoms with Crippen molar-refractivity contribution in [3.8, 4) is 11.8 Å². The molecule has 1 aromatic carbocycles. The lowest BCUT2D eigenvalue weighted by molar-refractivity contribution is 0.0944. The van der Waals surface area contributed by atoms with Gasteiger partial charge in [-0.1, -0.05) is 6.07 Å². The van der Waals surface area contributed by atoms with Crippen LogP contribution in [-0.2, 0) is 0 Å². The van der Waals surface area contributed by atoms with Crippen LogP contribution in [0, 0.1) is 17.2 Å². The maximum Gasteiger partial charge on any atom is 0.251 e. The van der Waals surface area contributed by atoms with Gasteiger partial charge in [0.15, 0.2) is 11.5 Å². The number of hydrogen-bond acceptors (Lipinski definition) is 6. The smallest absolute Gasteiger partial charge is 0.251 e. The predicted molar refractivity (Wildman–Crippen MR) is 97.0 cm³/mol. The van der Waals surface area contributed by atoms with E-state index in [-0.39, 0.29) is 5.91 Å². The van der Waals surface area contributed by atoms with Crippen LogP contribution in [0.25, 0.3) is 0 Å². The fourth-order valence-corrected chi connectivity index (χ4v) is 3.09. The van der Waals surface area contributed by atoms with E-state index in [9.17, 15) is 4.79 Å². The molecule has 134 valence electrons. The Labute approximate surface area is 152 Å². The van der Waals surface area contributed by atoms with Gasteiger partial charge in [-0.05, 0) is 37.0 Å². The first-order chi connectivity index (χ1) is 12.7. The molecule has 1 aliphatic rings. The zero-order valence-electron chi connectivity index (χ0n) is 14.7. The molecule has 0 aliphatic carbocycles. The lowest BCUT2D eigenvalue weighted by atomic mass is 9.96. The van der Waals surface area contributed by atoms with E-state index >= 15 is 0 Å². The maximum absolute atomic E-state index is 12.3. The minimum Gasteiger partial charge on any atom is -0.497 e. The van der Waals surface area contributed by atoms with Crippen LogP contribution in [0.4, 0.5) is 5.82 Å². The maximum atomic E-state index is 12.3. The Morgan fingerprint density at radius 2 is 2.12 bits per heavy atom. The highest BCUT2D eigenvalue weighted by Crippen LogP contribution is 2.23. The van der Waals surface area contributed by atoms with Crippen molar-refractivity contribution >= 4 is 11.7 Å². The van der Waals surface area contributed by atoms with Crippen LogP contribution in [0.3, 0.4) is 0 Å². The predicted octanol–water partition coefficient (Wildman–Crippen LogP) is 2.00. The molecule has 3 rings (SSSR count). The van der Waals surface area contributed by atoms with E-state index in [0.29, 0.717) is 35.3 Å². The fourth-order valence-electron chi connectivity index (χ4n) is 3.09. The number of methoxy groups -OCH3 is 1. The molecule has 2 heterocycles. The van der Waals surface area contributed by atoms with E-state index < -0.39 is 0 Å². The van der Waals surface area contributed by atoms with Crippen molar-refractivity contribution in [2.45, 2.75) is 12.8 Å². The SMILES string of the molecule is COc1cccc(C(=O)NCC2CCN(c3nccnc3C#N)CC2)c1.